The highest BCUT2D eigenvalue weighted by molar-refractivity contribution is 7.07. The third-order valence-electron chi connectivity index (χ3n) is 6.11. The fourth-order valence-corrected chi connectivity index (χ4v) is 5.19. The lowest BCUT2D eigenvalue weighted by Crippen LogP contribution is -2.11. The van der Waals surface area contributed by atoms with E-state index < -0.39 is 4.92 Å². The van der Waals surface area contributed by atoms with E-state index >= 15 is 0 Å². The molecule has 0 radical (unpaired) electrons. The molecule has 0 spiro atoms. The standard InChI is InChI=1S/C26H24N4O3S/c31-30(32)24-11-5-4-10-23(24)28-26-29(27-17-22-9-6-16-33-22)25(18-34-26)21-14-12-20(13-15-21)19-7-2-1-3-8-19/h4-6,9-19H,1-3,7-8H2. The Kier molecular flexibility index (Phi) is 6.49. The van der Waals surface area contributed by atoms with Crippen LogP contribution in [0.15, 0.2) is 86.8 Å². The number of rotatable bonds is 6. The highest BCUT2D eigenvalue weighted by Gasteiger charge is 2.17. The van der Waals surface area contributed by atoms with Crippen molar-refractivity contribution in [2.75, 3.05) is 0 Å². The van der Waals surface area contributed by atoms with Crippen LogP contribution in [0.5, 0.6) is 0 Å². The highest BCUT2D eigenvalue weighted by atomic mass is 32.1. The van der Waals surface area contributed by atoms with E-state index in [2.05, 4.69) is 34.4 Å². The zero-order valence-electron chi connectivity index (χ0n) is 18.5. The lowest BCUT2D eigenvalue weighted by atomic mass is 9.84. The van der Waals surface area contributed by atoms with Crippen LogP contribution in [0.2, 0.25) is 0 Å². The summed E-state index contributed by atoms with van der Waals surface area (Å²) in [7, 11) is 0. The molecule has 2 aromatic heterocycles. The predicted molar refractivity (Wildman–Crippen MR) is 134 cm³/mol. The van der Waals surface area contributed by atoms with Gasteiger partial charge in [-0.3, -0.25) is 10.1 Å². The maximum atomic E-state index is 11.5. The number of para-hydroxylation sites is 2. The van der Waals surface area contributed by atoms with E-state index in [1.807, 2.05) is 11.4 Å². The number of hydrogen-bond donors (Lipinski definition) is 0. The van der Waals surface area contributed by atoms with Crippen LogP contribution in [0.25, 0.3) is 11.3 Å². The summed E-state index contributed by atoms with van der Waals surface area (Å²) in [5.41, 5.74) is 3.50. The Morgan fingerprint density at radius 2 is 1.82 bits per heavy atom. The van der Waals surface area contributed by atoms with Gasteiger partial charge in [0.2, 0.25) is 4.80 Å². The summed E-state index contributed by atoms with van der Waals surface area (Å²) in [5, 5.41) is 18.1. The summed E-state index contributed by atoms with van der Waals surface area (Å²) in [4.78, 5) is 16.2. The first-order chi connectivity index (χ1) is 16.7. The number of hydrogen-bond acceptors (Lipinski definition) is 6. The Balaban J connectivity index is 1.57. The number of nitro benzene ring substituents is 1. The normalized spacial score (nSPS) is 15.2. The zero-order chi connectivity index (χ0) is 23.3. The number of nitro groups is 1. The molecule has 1 fully saturated rings. The Morgan fingerprint density at radius 3 is 2.56 bits per heavy atom. The molecule has 0 atom stereocenters. The maximum Gasteiger partial charge on any atom is 0.294 e. The Morgan fingerprint density at radius 1 is 1.03 bits per heavy atom. The van der Waals surface area contributed by atoms with Crippen LogP contribution in [0, 0.1) is 10.1 Å². The molecule has 1 aliphatic rings. The second-order valence-electron chi connectivity index (χ2n) is 8.29. The average molecular weight is 473 g/mol. The van der Waals surface area contributed by atoms with Crippen molar-refractivity contribution in [2.24, 2.45) is 10.1 Å². The molecule has 2 aromatic carbocycles. The third kappa shape index (κ3) is 4.77. The number of nitrogens with zero attached hydrogens (tertiary/aromatic N) is 4. The summed E-state index contributed by atoms with van der Waals surface area (Å²) >= 11 is 1.39. The molecule has 5 rings (SSSR count). The molecular weight excluding hydrogens is 448 g/mol. The van der Waals surface area contributed by atoms with Gasteiger partial charge in [0, 0.05) is 17.0 Å². The first kappa shape index (κ1) is 22.0. The van der Waals surface area contributed by atoms with Crippen LogP contribution >= 0.6 is 11.3 Å². The summed E-state index contributed by atoms with van der Waals surface area (Å²) in [6, 6.07) is 18.7. The molecule has 2 heterocycles. The van der Waals surface area contributed by atoms with Gasteiger partial charge in [-0.25, -0.2) is 9.67 Å². The van der Waals surface area contributed by atoms with Crippen molar-refractivity contribution in [3.05, 3.63) is 98.5 Å². The molecule has 0 unspecified atom stereocenters. The first-order valence-corrected chi connectivity index (χ1v) is 12.2. The van der Waals surface area contributed by atoms with Crippen molar-refractivity contribution in [1.29, 1.82) is 0 Å². The van der Waals surface area contributed by atoms with Crippen molar-refractivity contribution >= 4 is 28.9 Å². The lowest BCUT2D eigenvalue weighted by molar-refractivity contribution is -0.384. The Labute approximate surface area is 200 Å². The molecule has 172 valence electrons. The monoisotopic (exact) mass is 472 g/mol. The van der Waals surface area contributed by atoms with Crippen molar-refractivity contribution < 1.29 is 9.34 Å². The van der Waals surface area contributed by atoms with E-state index in [4.69, 9.17) is 4.42 Å². The van der Waals surface area contributed by atoms with Gasteiger partial charge in [-0.05, 0) is 42.5 Å². The average Bonchev–Trinajstić information content (AvgIpc) is 3.54. The minimum atomic E-state index is -0.423. The van der Waals surface area contributed by atoms with E-state index in [9.17, 15) is 10.1 Å². The van der Waals surface area contributed by atoms with Gasteiger partial charge in [0.05, 0.1) is 23.1 Å². The van der Waals surface area contributed by atoms with E-state index in [0.717, 1.165) is 11.3 Å². The van der Waals surface area contributed by atoms with Crippen LogP contribution in [-0.4, -0.2) is 15.8 Å². The molecule has 0 N–H and O–H groups in total. The molecule has 1 saturated carbocycles. The maximum absolute atomic E-state index is 11.5. The largest absolute Gasteiger partial charge is 0.463 e. The molecule has 1 aliphatic carbocycles. The summed E-state index contributed by atoms with van der Waals surface area (Å²) in [6.07, 6.45) is 9.65. The Hall–Kier alpha value is -3.78. The zero-order valence-corrected chi connectivity index (χ0v) is 19.4. The van der Waals surface area contributed by atoms with E-state index in [1.165, 1.54) is 55.1 Å². The summed E-state index contributed by atoms with van der Waals surface area (Å²) in [6.45, 7) is 0. The molecule has 4 aromatic rings. The lowest BCUT2D eigenvalue weighted by Gasteiger charge is -2.22. The quantitative estimate of drug-likeness (QED) is 0.174. The number of furan rings is 1. The predicted octanol–water partition coefficient (Wildman–Crippen LogP) is 6.88. The van der Waals surface area contributed by atoms with Crippen molar-refractivity contribution in [3.63, 3.8) is 0 Å². The van der Waals surface area contributed by atoms with Gasteiger partial charge < -0.3 is 4.42 Å². The van der Waals surface area contributed by atoms with Crippen LogP contribution < -0.4 is 4.80 Å². The molecular formula is C26H24N4O3S. The van der Waals surface area contributed by atoms with Crippen molar-refractivity contribution in [3.8, 4) is 11.3 Å². The Bertz CT molecular complexity index is 1360. The SMILES string of the molecule is O=[N+]([O-])c1ccccc1N=c1scc(-c2ccc(C3CCCCC3)cc2)n1N=Cc1ccco1. The smallest absolute Gasteiger partial charge is 0.294 e. The van der Waals surface area contributed by atoms with Crippen LogP contribution in [0.4, 0.5) is 11.4 Å². The second-order valence-corrected chi connectivity index (χ2v) is 9.13. The van der Waals surface area contributed by atoms with E-state index in [0.29, 0.717) is 16.5 Å². The summed E-state index contributed by atoms with van der Waals surface area (Å²) in [5.74, 6) is 1.24. The van der Waals surface area contributed by atoms with Gasteiger partial charge in [-0.2, -0.15) is 5.10 Å². The molecule has 0 amide bonds. The van der Waals surface area contributed by atoms with E-state index in [1.54, 1.807) is 41.4 Å². The van der Waals surface area contributed by atoms with Gasteiger partial charge in [-0.15, -0.1) is 11.3 Å². The van der Waals surface area contributed by atoms with Crippen LogP contribution in [-0.2, 0) is 0 Å². The number of aromatic nitrogens is 1. The van der Waals surface area contributed by atoms with Gasteiger partial charge >= 0.3 is 0 Å². The van der Waals surface area contributed by atoms with Crippen LogP contribution in [0.1, 0.15) is 49.3 Å². The van der Waals surface area contributed by atoms with Gasteiger partial charge in [0.1, 0.15) is 11.4 Å². The first-order valence-electron chi connectivity index (χ1n) is 11.4. The van der Waals surface area contributed by atoms with Crippen molar-refractivity contribution in [1.82, 2.24) is 4.68 Å². The fourth-order valence-electron chi connectivity index (χ4n) is 4.34. The topological polar surface area (TPSA) is 85.9 Å². The number of thiazole rings is 1. The van der Waals surface area contributed by atoms with Gasteiger partial charge in [-0.1, -0.05) is 55.7 Å². The third-order valence-corrected chi connectivity index (χ3v) is 6.92. The molecule has 0 saturated heterocycles. The van der Waals surface area contributed by atoms with Crippen molar-refractivity contribution in [2.45, 2.75) is 38.0 Å². The fraction of sp³-hybridized carbons (Fsp3) is 0.231. The van der Waals surface area contributed by atoms with Crippen LogP contribution in [0.3, 0.4) is 0 Å². The molecule has 8 heteroatoms. The number of benzene rings is 2. The second kappa shape index (κ2) is 10.0. The molecule has 34 heavy (non-hydrogen) atoms. The van der Waals surface area contributed by atoms with Gasteiger partial charge in [0.25, 0.3) is 5.69 Å². The minimum absolute atomic E-state index is 0.0455. The minimum Gasteiger partial charge on any atom is -0.463 e. The van der Waals surface area contributed by atoms with E-state index in [-0.39, 0.29) is 11.4 Å². The molecule has 0 aliphatic heterocycles. The highest BCUT2D eigenvalue weighted by Crippen LogP contribution is 2.34. The molecule has 7 nitrogen and oxygen atoms in total. The molecule has 0 bridgehead atoms. The summed E-state index contributed by atoms with van der Waals surface area (Å²) < 4.78 is 7.10. The van der Waals surface area contributed by atoms with Gasteiger partial charge in [0.15, 0.2) is 0 Å².